The highest BCUT2D eigenvalue weighted by Gasteiger charge is 2.62. The lowest BCUT2D eigenvalue weighted by Crippen LogP contribution is -2.57. The molecule has 1 aromatic carbocycles. The average Bonchev–Trinajstić information content (AvgIpc) is 3.02. The molecule has 326 valence electrons. The van der Waals surface area contributed by atoms with E-state index in [4.69, 9.17) is 9.47 Å². The number of ether oxygens (including phenoxy) is 2. The summed E-state index contributed by atoms with van der Waals surface area (Å²) in [7, 11) is 0. The molecular weight excluding hydrogens is 788 g/mol. The molecule has 0 saturated heterocycles. The van der Waals surface area contributed by atoms with Crippen molar-refractivity contribution < 1.29 is 92.2 Å². The molecule has 0 spiro atoms. The smallest absolute Gasteiger partial charge is 0.421 e. The summed E-state index contributed by atoms with van der Waals surface area (Å²) in [5, 5.41) is 39.7. The Kier molecular flexibility index (Phi) is 15.0. The van der Waals surface area contributed by atoms with E-state index in [1.54, 1.807) is 27.7 Å². The van der Waals surface area contributed by atoms with E-state index in [0.29, 0.717) is 58.7 Å². The maximum atomic E-state index is 13.3. The molecule has 0 aromatic heterocycles. The van der Waals surface area contributed by atoms with Crippen molar-refractivity contribution in [2.45, 2.75) is 155 Å². The Morgan fingerprint density at radius 2 is 0.875 bits per heavy atom. The van der Waals surface area contributed by atoms with E-state index in [1.807, 2.05) is 0 Å². The monoisotopic (exact) mass is 838 g/mol. The third-order valence-electron chi connectivity index (χ3n) is 10.9. The fourth-order valence-corrected chi connectivity index (χ4v) is 5.14. The van der Waals surface area contributed by atoms with Crippen LogP contribution < -0.4 is 4.74 Å². The molecule has 0 radical (unpaired) electrons. The van der Waals surface area contributed by atoms with E-state index < -0.39 is 124 Å². The Balaban J connectivity index is 0.000000560. The molecule has 1 aliphatic rings. The van der Waals surface area contributed by atoms with Gasteiger partial charge in [0.2, 0.25) is 0 Å². The number of halogens is 12. The molecule has 6 unspecified atom stereocenters. The number of carbonyl (C=O) groups excluding carboxylic acids is 2. The number of hydrogen-bond acceptors (Lipinski definition) is 8. The van der Waals surface area contributed by atoms with Crippen LogP contribution in [-0.2, 0) is 25.5 Å². The van der Waals surface area contributed by atoms with Gasteiger partial charge in [0.05, 0.1) is 10.8 Å². The zero-order valence-electron chi connectivity index (χ0n) is 32.5. The first-order chi connectivity index (χ1) is 24.5. The van der Waals surface area contributed by atoms with E-state index in [0.717, 1.165) is 0 Å². The van der Waals surface area contributed by atoms with Gasteiger partial charge < -0.3 is 29.9 Å². The highest BCUT2D eigenvalue weighted by Crippen LogP contribution is 2.51. The molecule has 2 rings (SSSR count). The molecular formula is C36H50F12O8. The predicted octanol–water partition coefficient (Wildman–Crippen LogP) is 8.95. The highest BCUT2D eigenvalue weighted by molar-refractivity contribution is 5.78. The second-order valence-electron chi connectivity index (χ2n) is 16.2. The lowest BCUT2D eigenvalue weighted by molar-refractivity contribution is -0.299. The third kappa shape index (κ3) is 11.2. The lowest BCUT2D eigenvalue weighted by atomic mass is 9.67. The number of carbonyl (C=O) groups is 2. The van der Waals surface area contributed by atoms with Crippen LogP contribution in [0.3, 0.4) is 0 Å². The maximum Gasteiger partial charge on any atom is 0.421 e. The molecule has 0 bridgehead atoms. The van der Waals surface area contributed by atoms with Gasteiger partial charge in [-0.1, -0.05) is 13.8 Å². The summed E-state index contributed by atoms with van der Waals surface area (Å²) in [5.41, 5.74) is -17.7. The van der Waals surface area contributed by atoms with E-state index in [9.17, 15) is 82.7 Å². The standard InChI is InChI=1S/C18H28F6O4.C18H22F6O4/c2*1-6-14(2,3)13(25)28-12-8-10(15(4,26)17(19,20)21)7-11(9-12)16(5,27)18(22,23)24/h10-12,26-27H,6-9H2,1-5H3;7-9,26-27H,6H2,1-5H3. The summed E-state index contributed by atoms with van der Waals surface area (Å²) in [6.45, 7) is 11.1. The highest BCUT2D eigenvalue weighted by atomic mass is 19.4. The van der Waals surface area contributed by atoms with Crippen molar-refractivity contribution in [2.24, 2.45) is 22.7 Å². The first-order valence-electron chi connectivity index (χ1n) is 17.3. The van der Waals surface area contributed by atoms with E-state index >= 15 is 0 Å². The van der Waals surface area contributed by atoms with Gasteiger partial charge in [-0.3, -0.25) is 9.59 Å². The Bertz CT molecular complexity index is 1440. The molecule has 1 saturated carbocycles. The average molecular weight is 839 g/mol. The van der Waals surface area contributed by atoms with Crippen molar-refractivity contribution in [1.29, 1.82) is 0 Å². The van der Waals surface area contributed by atoms with Crippen LogP contribution in [0.15, 0.2) is 18.2 Å². The SMILES string of the molecule is CCC(C)(C)C(=O)OC1CC(C(C)(O)C(F)(F)F)CC(C(C)(O)C(F)(F)F)C1.CCC(C)(C)C(=O)Oc1cc(C(C)(O)C(F)(F)F)cc(C(C)(O)C(F)(F)F)c1. The Morgan fingerprint density at radius 1 is 0.554 bits per heavy atom. The second-order valence-corrected chi connectivity index (χ2v) is 16.2. The lowest BCUT2D eigenvalue weighted by Gasteiger charge is -2.46. The van der Waals surface area contributed by atoms with Crippen molar-refractivity contribution >= 4 is 11.9 Å². The molecule has 1 aliphatic carbocycles. The molecule has 1 fully saturated rings. The minimum atomic E-state index is -5.24. The summed E-state index contributed by atoms with van der Waals surface area (Å²) in [4.78, 5) is 24.5. The third-order valence-corrected chi connectivity index (χ3v) is 10.9. The largest absolute Gasteiger partial charge is 0.462 e. The fourth-order valence-electron chi connectivity index (χ4n) is 5.14. The molecule has 4 N–H and O–H groups in total. The van der Waals surface area contributed by atoms with Crippen LogP contribution in [-0.4, -0.2) is 74.4 Å². The van der Waals surface area contributed by atoms with Crippen molar-refractivity contribution in [3.05, 3.63) is 29.3 Å². The van der Waals surface area contributed by atoms with Crippen LogP contribution in [0.5, 0.6) is 5.75 Å². The summed E-state index contributed by atoms with van der Waals surface area (Å²) in [6.07, 6.45) is -22.9. The molecule has 0 aliphatic heterocycles. The van der Waals surface area contributed by atoms with Crippen LogP contribution in [0.2, 0.25) is 0 Å². The summed E-state index contributed by atoms with van der Waals surface area (Å²) >= 11 is 0. The predicted molar refractivity (Wildman–Crippen MR) is 176 cm³/mol. The first kappa shape index (κ1) is 51.2. The summed E-state index contributed by atoms with van der Waals surface area (Å²) < 4.78 is 169. The van der Waals surface area contributed by atoms with E-state index in [2.05, 4.69) is 0 Å². The van der Waals surface area contributed by atoms with Gasteiger partial charge in [-0.2, -0.15) is 52.7 Å². The molecule has 56 heavy (non-hydrogen) atoms. The number of esters is 2. The number of benzene rings is 1. The molecule has 0 amide bonds. The zero-order valence-corrected chi connectivity index (χ0v) is 32.5. The fraction of sp³-hybridized carbons (Fsp3) is 0.778. The topological polar surface area (TPSA) is 134 Å². The molecule has 6 atom stereocenters. The Hall–Kier alpha value is -2.84. The van der Waals surface area contributed by atoms with Crippen LogP contribution in [0.25, 0.3) is 0 Å². The number of aliphatic hydroxyl groups is 4. The first-order valence-corrected chi connectivity index (χ1v) is 17.3. The van der Waals surface area contributed by atoms with Gasteiger partial charge in [0.15, 0.2) is 22.4 Å². The molecule has 8 nitrogen and oxygen atoms in total. The van der Waals surface area contributed by atoms with E-state index in [1.165, 1.54) is 13.8 Å². The number of hydrogen-bond donors (Lipinski definition) is 4. The van der Waals surface area contributed by atoms with Gasteiger partial charge in [0, 0.05) is 11.8 Å². The van der Waals surface area contributed by atoms with E-state index in [-0.39, 0.29) is 0 Å². The maximum absolute atomic E-state index is 13.3. The number of rotatable bonds is 10. The van der Waals surface area contributed by atoms with Gasteiger partial charge in [-0.25, -0.2) is 0 Å². The normalized spacial score (nSPS) is 23.3. The minimum absolute atomic E-state index is 0.291. The Morgan fingerprint density at radius 3 is 1.16 bits per heavy atom. The quantitative estimate of drug-likeness (QED) is 0.104. The minimum Gasteiger partial charge on any atom is -0.462 e. The zero-order chi connectivity index (χ0) is 44.7. The van der Waals surface area contributed by atoms with Crippen molar-refractivity contribution in [2.75, 3.05) is 0 Å². The van der Waals surface area contributed by atoms with Gasteiger partial charge >= 0.3 is 36.6 Å². The summed E-state index contributed by atoms with van der Waals surface area (Å²) in [5.74, 6) is -5.66. The molecule has 0 heterocycles. The van der Waals surface area contributed by atoms with Crippen LogP contribution in [0.4, 0.5) is 52.7 Å². The second kappa shape index (κ2) is 16.4. The van der Waals surface area contributed by atoms with Crippen molar-refractivity contribution in [3.8, 4) is 5.75 Å². The van der Waals surface area contributed by atoms with Crippen LogP contribution in [0, 0.1) is 22.7 Å². The van der Waals surface area contributed by atoms with Crippen molar-refractivity contribution in [1.82, 2.24) is 0 Å². The van der Waals surface area contributed by atoms with Gasteiger partial charge in [-0.05, 0) is 117 Å². The number of alkyl halides is 12. The van der Waals surface area contributed by atoms with Gasteiger partial charge in [-0.15, -0.1) is 0 Å². The van der Waals surface area contributed by atoms with Crippen molar-refractivity contribution in [3.63, 3.8) is 0 Å². The summed E-state index contributed by atoms with van der Waals surface area (Å²) in [6, 6.07) is 1.61. The molecule has 1 aromatic rings. The van der Waals surface area contributed by atoms with Crippen LogP contribution in [0.1, 0.15) is 112 Å². The van der Waals surface area contributed by atoms with Gasteiger partial charge in [0.25, 0.3) is 0 Å². The van der Waals surface area contributed by atoms with Gasteiger partial charge in [0.1, 0.15) is 11.9 Å². The Labute approximate surface area is 316 Å². The van der Waals surface area contributed by atoms with Crippen LogP contribution >= 0.6 is 0 Å². The molecule has 20 heteroatoms.